The predicted octanol–water partition coefficient (Wildman–Crippen LogP) is 2.46. The Labute approximate surface area is 105 Å². The molecule has 1 aliphatic rings. The van der Waals surface area contributed by atoms with E-state index < -0.39 is 10.3 Å². The van der Waals surface area contributed by atoms with Crippen LogP contribution in [0.4, 0.5) is 5.69 Å². The molecule has 0 aromatic heterocycles. The zero-order valence-electron chi connectivity index (χ0n) is 9.96. The van der Waals surface area contributed by atoms with Crippen molar-refractivity contribution in [3.63, 3.8) is 0 Å². The fraction of sp³-hybridized carbons (Fsp3) is 0.462. The fourth-order valence-electron chi connectivity index (χ4n) is 2.26. The number of nitro groups is 1. The molecular formula is C13H14N2O3. The van der Waals surface area contributed by atoms with Crippen molar-refractivity contribution in [3.8, 4) is 6.07 Å². The minimum absolute atomic E-state index is 0.0765. The van der Waals surface area contributed by atoms with Gasteiger partial charge in [0.1, 0.15) is 0 Å². The second kappa shape index (κ2) is 5.15. The van der Waals surface area contributed by atoms with Gasteiger partial charge in [0.25, 0.3) is 5.69 Å². The van der Waals surface area contributed by atoms with Crippen LogP contribution < -0.4 is 0 Å². The Hall–Kier alpha value is -1.93. The molecule has 2 rings (SSSR count). The minimum Gasteiger partial charge on any atom is -0.381 e. The van der Waals surface area contributed by atoms with E-state index >= 15 is 0 Å². The van der Waals surface area contributed by atoms with Gasteiger partial charge in [-0.25, -0.2) is 0 Å². The van der Waals surface area contributed by atoms with Gasteiger partial charge >= 0.3 is 0 Å². The Morgan fingerprint density at radius 3 is 2.78 bits per heavy atom. The molecule has 1 aromatic rings. The minimum atomic E-state index is -0.437. The molecule has 0 spiro atoms. The Bertz CT molecular complexity index is 487. The molecule has 0 aliphatic carbocycles. The van der Waals surface area contributed by atoms with E-state index in [4.69, 9.17) is 4.74 Å². The number of rotatable bonds is 3. The summed E-state index contributed by atoms with van der Waals surface area (Å²) in [6.45, 7) is 1.17. The van der Waals surface area contributed by atoms with E-state index in [2.05, 4.69) is 6.07 Å². The summed E-state index contributed by atoms with van der Waals surface area (Å²) in [5, 5.41) is 20.1. The molecule has 1 heterocycles. The smallest absolute Gasteiger partial charge is 0.269 e. The van der Waals surface area contributed by atoms with Gasteiger partial charge in [0, 0.05) is 25.3 Å². The highest BCUT2D eigenvalue weighted by Gasteiger charge is 2.33. The van der Waals surface area contributed by atoms with Crippen molar-refractivity contribution in [3.05, 3.63) is 39.9 Å². The Kier molecular flexibility index (Phi) is 3.58. The SMILES string of the molecule is N#CC1(Cc2cccc([N+](=O)[O-])c2)CCOCC1. The molecule has 5 nitrogen and oxygen atoms in total. The van der Waals surface area contributed by atoms with E-state index in [0.717, 1.165) is 5.56 Å². The number of hydrogen-bond acceptors (Lipinski definition) is 4. The highest BCUT2D eigenvalue weighted by molar-refractivity contribution is 5.35. The number of non-ortho nitro benzene ring substituents is 1. The lowest BCUT2D eigenvalue weighted by atomic mass is 9.76. The summed E-state index contributed by atoms with van der Waals surface area (Å²) >= 11 is 0. The first-order valence-electron chi connectivity index (χ1n) is 5.88. The van der Waals surface area contributed by atoms with Gasteiger partial charge < -0.3 is 4.74 Å². The first kappa shape index (κ1) is 12.5. The molecule has 0 bridgehead atoms. The van der Waals surface area contributed by atoms with Crippen molar-refractivity contribution in [1.82, 2.24) is 0 Å². The zero-order chi connectivity index (χ0) is 13.0. The van der Waals surface area contributed by atoms with Gasteiger partial charge in [0.15, 0.2) is 0 Å². The number of nitrogens with zero attached hydrogens (tertiary/aromatic N) is 2. The highest BCUT2D eigenvalue weighted by atomic mass is 16.6. The second-order valence-corrected chi connectivity index (χ2v) is 4.61. The van der Waals surface area contributed by atoms with Crippen LogP contribution in [0.1, 0.15) is 18.4 Å². The van der Waals surface area contributed by atoms with E-state index in [1.54, 1.807) is 12.1 Å². The van der Waals surface area contributed by atoms with Crippen molar-refractivity contribution in [1.29, 1.82) is 5.26 Å². The van der Waals surface area contributed by atoms with Gasteiger partial charge in [-0.05, 0) is 24.8 Å². The van der Waals surface area contributed by atoms with Crippen molar-refractivity contribution in [2.75, 3.05) is 13.2 Å². The molecule has 0 N–H and O–H groups in total. The van der Waals surface area contributed by atoms with Crippen LogP contribution in [0.15, 0.2) is 24.3 Å². The van der Waals surface area contributed by atoms with Gasteiger partial charge in [-0.1, -0.05) is 12.1 Å². The Morgan fingerprint density at radius 2 is 2.17 bits per heavy atom. The molecule has 94 valence electrons. The maximum Gasteiger partial charge on any atom is 0.269 e. The summed E-state index contributed by atoms with van der Waals surface area (Å²) in [4.78, 5) is 10.3. The predicted molar refractivity (Wildman–Crippen MR) is 64.9 cm³/mol. The summed E-state index contributed by atoms with van der Waals surface area (Å²) in [6.07, 6.45) is 1.92. The number of ether oxygens (including phenoxy) is 1. The molecule has 0 radical (unpaired) electrons. The van der Waals surface area contributed by atoms with Gasteiger partial charge in [-0.3, -0.25) is 10.1 Å². The molecule has 1 aromatic carbocycles. The summed E-state index contributed by atoms with van der Waals surface area (Å²) in [6, 6.07) is 8.88. The maximum atomic E-state index is 10.7. The number of nitriles is 1. The first-order chi connectivity index (χ1) is 8.65. The summed E-state index contributed by atoms with van der Waals surface area (Å²) in [7, 11) is 0. The monoisotopic (exact) mass is 246 g/mol. The van der Waals surface area contributed by atoms with Crippen LogP contribution in [0.2, 0.25) is 0 Å². The molecule has 0 amide bonds. The average molecular weight is 246 g/mol. The second-order valence-electron chi connectivity index (χ2n) is 4.61. The molecule has 5 heteroatoms. The third kappa shape index (κ3) is 2.66. The van der Waals surface area contributed by atoms with Crippen molar-refractivity contribution in [2.45, 2.75) is 19.3 Å². The molecule has 18 heavy (non-hydrogen) atoms. The molecular weight excluding hydrogens is 232 g/mol. The normalized spacial score (nSPS) is 17.9. The van der Waals surface area contributed by atoms with Gasteiger partial charge in [-0.15, -0.1) is 0 Å². The fourth-order valence-corrected chi connectivity index (χ4v) is 2.26. The van der Waals surface area contributed by atoms with Crippen molar-refractivity contribution < 1.29 is 9.66 Å². The first-order valence-corrected chi connectivity index (χ1v) is 5.88. The lowest BCUT2D eigenvalue weighted by molar-refractivity contribution is -0.384. The highest BCUT2D eigenvalue weighted by Crippen LogP contribution is 2.34. The molecule has 1 saturated heterocycles. The Morgan fingerprint density at radius 1 is 1.44 bits per heavy atom. The third-order valence-corrected chi connectivity index (χ3v) is 3.35. The topological polar surface area (TPSA) is 76.2 Å². The van der Waals surface area contributed by atoms with E-state index in [9.17, 15) is 15.4 Å². The summed E-state index contributed by atoms with van der Waals surface area (Å²) in [5.41, 5.74) is 0.480. The molecule has 1 fully saturated rings. The zero-order valence-corrected chi connectivity index (χ0v) is 9.96. The number of benzene rings is 1. The van der Waals surface area contributed by atoms with Crippen molar-refractivity contribution >= 4 is 5.69 Å². The van der Waals surface area contributed by atoms with Gasteiger partial charge in [0.05, 0.1) is 16.4 Å². The molecule has 0 atom stereocenters. The van der Waals surface area contributed by atoms with Crippen LogP contribution in [0.3, 0.4) is 0 Å². The van der Waals surface area contributed by atoms with Crippen LogP contribution >= 0.6 is 0 Å². The average Bonchev–Trinajstić information content (AvgIpc) is 2.40. The van der Waals surface area contributed by atoms with E-state index in [0.29, 0.717) is 32.5 Å². The Balaban J connectivity index is 2.19. The van der Waals surface area contributed by atoms with Gasteiger partial charge in [-0.2, -0.15) is 5.26 Å². The maximum absolute atomic E-state index is 10.7. The lowest BCUT2D eigenvalue weighted by Gasteiger charge is -2.30. The van der Waals surface area contributed by atoms with Crippen LogP contribution in [0.25, 0.3) is 0 Å². The third-order valence-electron chi connectivity index (χ3n) is 3.35. The van der Waals surface area contributed by atoms with E-state index in [-0.39, 0.29) is 5.69 Å². The molecule has 0 saturated carbocycles. The van der Waals surface area contributed by atoms with Crippen LogP contribution in [-0.2, 0) is 11.2 Å². The van der Waals surface area contributed by atoms with E-state index in [1.807, 2.05) is 6.07 Å². The van der Waals surface area contributed by atoms with Crippen molar-refractivity contribution in [2.24, 2.45) is 5.41 Å². The number of hydrogen-bond donors (Lipinski definition) is 0. The van der Waals surface area contributed by atoms with E-state index in [1.165, 1.54) is 6.07 Å². The molecule has 1 aliphatic heterocycles. The number of nitro benzene ring substituents is 1. The van der Waals surface area contributed by atoms with Crippen LogP contribution in [-0.4, -0.2) is 18.1 Å². The largest absolute Gasteiger partial charge is 0.381 e. The lowest BCUT2D eigenvalue weighted by Crippen LogP contribution is -2.30. The van der Waals surface area contributed by atoms with Crippen LogP contribution in [0.5, 0.6) is 0 Å². The summed E-state index contributed by atoms with van der Waals surface area (Å²) < 4.78 is 5.27. The van der Waals surface area contributed by atoms with Crippen LogP contribution in [0, 0.1) is 26.9 Å². The standard InChI is InChI=1S/C13H14N2O3/c14-10-13(4-6-18-7-5-13)9-11-2-1-3-12(8-11)15(16)17/h1-3,8H,4-7,9H2. The quantitative estimate of drug-likeness (QED) is 0.606. The molecule has 0 unspecified atom stereocenters. The van der Waals surface area contributed by atoms with Gasteiger partial charge in [0.2, 0.25) is 0 Å². The summed E-state index contributed by atoms with van der Waals surface area (Å²) in [5.74, 6) is 0.